The standard InChI is InChI=1S/C14H26N2O.ClH/c1-3-14(15,4-2)9-16-13(17)12-10-7-5-6-8-11(10)12;/h10-12H,3-9,15H2,1-2H3,(H,16,17);1H. The second-order valence-corrected chi connectivity index (χ2v) is 5.93. The first-order chi connectivity index (χ1) is 8.11. The van der Waals surface area contributed by atoms with Crippen molar-refractivity contribution in [3.8, 4) is 0 Å². The van der Waals surface area contributed by atoms with Crippen molar-refractivity contribution in [2.45, 2.75) is 57.9 Å². The molecule has 0 saturated heterocycles. The molecule has 0 aliphatic heterocycles. The van der Waals surface area contributed by atoms with Gasteiger partial charge < -0.3 is 11.1 Å². The maximum Gasteiger partial charge on any atom is 0.223 e. The Morgan fingerprint density at radius 2 is 1.72 bits per heavy atom. The molecule has 3 nitrogen and oxygen atoms in total. The Hall–Kier alpha value is -0.280. The fourth-order valence-corrected chi connectivity index (χ4v) is 3.26. The molecule has 2 aliphatic rings. The van der Waals surface area contributed by atoms with Gasteiger partial charge in [0.25, 0.3) is 0 Å². The SMILES string of the molecule is CCC(N)(CC)CNC(=O)C1C2CCCCC21.Cl. The van der Waals surface area contributed by atoms with Crippen molar-refractivity contribution in [1.29, 1.82) is 0 Å². The molecule has 0 aromatic carbocycles. The molecule has 1 amide bonds. The van der Waals surface area contributed by atoms with E-state index < -0.39 is 0 Å². The number of carbonyl (C=O) groups is 1. The minimum Gasteiger partial charge on any atom is -0.354 e. The van der Waals surface area contributed by atoms with Crippen LogP contribution in [0, 0.1) is 17.8 Å². The third-order valence-electron chi connectivity index (χ3n) is 4.98. The van der Waals surface area contributed by atoms with Crippen molar-refractivity contribution in [2.75, 3.05) is 6.54 Å². The Labute approximate surface area is 117 Å². The van der Waals surface area contributed by atoms with E-state index in [1.54, 1.807) is 0 Å². The fraction of sp³-hybridized carbons (Fsp3) is 0.929. The molecule has 106 valence electrons. The molecular formula is C14H27ClN2O. The van der Waals surface area contributed by atoms with E-state index in [2.05, 4.69) is 19.2 Å². The van der Waals surface area contributed by atoms with Crippen LogP contribution in [-0.2, 0) is 4.79 Å². The van der Waals surface area contributed by atoms with Crippen LogP contribution in [-0.4, -0.2) is 18.0 Å². The zero-order valence-corrected chi connectivity index (χ0v) is 12.4. The van der Waals surface area contributed by atoms with Gasteiger partial charge in [0.2, 0.25) is 5.91 Å². The van der Waals surface area contributed by atoms with E-state index in [0.717, 1.165) is 12.8 Å². The second kappa shape index (κ2) is 6.25. The van der Waals surface area contributed by atoms with Gasteiger partial charge in [-0.3, -0.25) is 4.79 Å². The topological polar surface area (TPSA) is 55.1 Å². The normalized spacial score (nSPS) is 30.1. The van der Waals surface area contributed by atoms with Crippen molar-refractivity contribution in [3.05, 3.63) is 0 Å². The maximum atomic E-state index is 12.1. The Morgan fingerprint density at radius 3 is 2.17 bits per heavy atom. The summed E-state index contributed by atoms with van der Waals surface area (Å²) in [6, 6.07) is 0. The second-order valence-electron chi connectivity index (χ2n) is 5.93. The van der Waals surface area contributed by atoms with Crippen LogP contribution in [0.1, 0.15) is 52.4 Å². The number of amides is 1. The number of hydrogen-bond donors (Lipinski definition) is 2. The molecule has 4 heteroatoms. The van der Waals surface area contributed by atoms with Crippen molar-refractivity contribution < 1.29 is 4.79 Å². The molecule has 0 aromatic heterocycles. The van der Waals surface area contributed by atoms with E-state index >= 15 is 0 Å². The Balaban J connectivity index is 0.00000162. The molecule has 0 radical (unpaired) electrons. The minimum atomic E-state index is -0.213. The van der Waals surface area contributed by atoms with Crippen LogP contribution in [0.4, 0.5) is 0 Å². The van der Waals surface area contributed by atoms with Crippen LogP contribution in [0.2, 0.25) is 0 Å². The fourth-order valence-electron chi connectivity index (χ4n) is 3.26. The summed E-state index contributed by atoms with van der Waals surface area (Å²) in [6.07, 6.45) is 6.99. The molecule has 18 heavy (non-hydrogen) atoms. The summed E-state index contributed by atoms with van der Waals surface area (Å²) in [6.45, 7) is 4.81. The van der Waals surface area contributed by atoms with E-state index in [-0.39, 0.29) is 23.9 Å². The number of nitrogens with one attached hydrogen (secondary N) is 1. The molecule has 2 rings (SSSR count). The number of fused-ring (bicyclic) bond motifs is 1. The lowest BCUT2D eigenvalue weighted by molar-refractivity contribution is -0.123. The number of nitrogens with two attached hydrogens (primary N) is 1. The Bertz CT molecular complexity index is 280. The first-order valence-corrected chi connectivity index (χ1v) is 7.18. The quantitative estimate of drug-likeness (QED) is 0.809. The number of hydrogen-bond acceptors (Lipinski definition) is 2. The van der Waals surface area contributed by atoms with Crippen LogP contribution in [0.5, 0.6) is 0 Å². The van der Waals surface area contributed by atoms with Crippen LogP contribution in [0.25, 0.3) is 0 Å². The van der Waals surface area contributed by atoms with Crippen molar-refractivity contribution >= 4 is 18.3 Å². The lowest BCUT2D eigenvalue weighted by atomic mass is 9.94. The molecule has 2 atom stereocenters. The molecule has 3 N–H and O–H groups in total. The number of halogens is 1. The third-order valence-corrected chi connectivity index (χ3v) is 4.98. The van der Waals surface area contributed by atoms with Gasteiger partial charge in [0.15, 0.2) is 0 Å². The average molecular weight is 275 g/mol. The van der Waals surface area contributed by atoms with Gasteiger partial charge in [0, 0.05) is 18.0 Å². The highest BCUT2D eigenvalue weighted by molar-refractivity contribution is 5.85. The van der Waals surface area contributed by atoms with E-state index in [9.17, 15) is 4.79 Å². The maximum absolute atomic E-state index is 12.1. The minimum absolute atomic E-state index is 0. The van der Waals surface area contributed by atoms with Gasteiger partial charge in [-0.2, -0.15) is 0 Å². The zero-order chi connectivity index (χ0) is 12.5. The Kier molecular flexibility index (Phi) is 5.47. The van der Waals surface area contributed by atoms with Gasteiger partial charge in [-0.1, -0.05) is 26.7 Å². The summed E-state index contributed by atoms with van der Waals surface area (Å²) in [5, 5.41) is 3.08. The van der Waals surface area contributed by atoms with Crippen molar-refractivity contribution in [2.24, 2.45) is 23.5 Å². The summed E-state index contributed by atoms with van der Waals surface area (Å²) >= 11 is 0. The van der Waals surface area contributed by atoms with Crippen LogP contribution in [0.15, 0.2) is 0 Å². The third kappa shape index (κ3) is 3.18. The summed E-state index contributed by atoms with van der Waals surface area (Å²) in [4.78, 5) is 12.1. The molecule has 0 spiro atoms. The van der Waals surface area contributed by atoms with E-state index in [4.69, 9.17) is 5.73 Å². The molecule has 2 aliphatic carbocycles. The predicted molar refractivity (Wildman–Crippen MR) is 76.7 cm³/mol. The average Bonchev–Trinajstić information content (AvgIpc) is 3.10. The van der Waals surface area contributed by atoms with Gasteiger partial charge in [0.05, 0.1) is 0 Å². The first-order valence-electron chi connectivity index (χ1n) is 7.18. The van der Waals surface area contributed by atoms with Gasteiger partial charge in [-0.15, -0.1) is 12.4 Å². The Morgan fingerprint density at radius 1 is 1.22 bits per heavy atom. The molecule has 2 unspecified atom stereocenters. The summed E-state index contributed by atoms with van der Waals surface area (Å²) in [5.41, 5.74) is 5.98. The largest absolute Gasteiger partial charge is 0.354 e. The predicted octanol–water partition coefficient (Wildman–Crippen LogP) is 2.48. The molecule has 2 fully saturated rings. The van der Waals surface area contributed by atoms with Gasteiger partial charge >= 0.3 is 0 Å². The summed E-state index contributed by atoms with van der Waals surface area (Å²) < 4.78 is 0. The highest BCUT2D eigenvalue weighted by atomic mass is 35.5. The molecule has 0 heterocycles. The van der Waals surface area contributed by atoms with Crippen molar-refractivity contribution in [3.63, 3.8) is 0 Å². The summed E-state index contributed by atoms with van der Waals surface area (Å²) in [5.74, 6) is 1.97. The van der Waals surface area contributed by atoms with Crippen LogP contribution in [0.3, 0.4) is 0 Å². The van der Waals surface area contributed by atoms with Crippen LogP contribution < -0.4 is 11.1 Å². The smallest absolute Gasteiger partial charge is 0.223 e. The molecule has 2 saturated carbocycles. The van der Waals surface area contributed by atoms with Gasteiger partial charge in [0.1, 0.15) is 0 Å². The zero-order valence-electron chi connectivity index (χ0n) is 11.6. The summed E-state index contributed by atoms with van der Waals surface area (Å²) in [7, 11) is 0. The molecule has 0 bridgehead atoms. The number of rotatable bonds is 5. The van der Waals surface area contributed by atoms with E-state index in [1.165, 1.54) is 25.7 Å². The molecular weight excluding hydrogens is 248 g/mol. The van der Waals surface area contributed by atoms with Crippen LogP contribution >= 0.6 is 12.4 Å². The van der Waals surface area contributed by atoms with Gasteiger partial charge in [-0.05, 0) is 37.5 Å². The molecule has 0 aromatic rings. The van der Waals surface area contributed by atoms with Crippen molar-refractivity contribution in [1.82, 2.24) is 5.32 Å². The highest BCUT2D eigenvalue weighted by Gasteiger charge is 2.54. The van der Waals surface area contributed by atoms with E-state index in [0.29, 0.717) is 24.3 Å². The lowest BCUT2D eigenvalue weighted by Gasteiger charge is -2.26. The monoisotopic (exact) mass is 274 g/mol. The highest BCUT2D eigenvalue weighted by Crippen LogP contribution is 2.55. The van der Waals surface area contributed by atoms with E-state index in [1.807, 2.05) is 0 Å². The first kappa shape index (κ1) is 15.8. The lowest BCUT2D eigenvalue weighted by Crippen LogP contribution is -2.49. The van der Waals surface area contributed by atoms with Gasteiger partial charge in [-0.25, -0.2) is 0 Å². The number of carbonyl (C=O) groups excluding carboxylic acids is 1.